The lowest BCUT2D eigenvalue weighted by Crippen LogP contribution is -1.98. The van der Waals surface area contributed by atoms with Crippen LogP contribution in [-0.2, 0) is 0 Å². The molecule has 0 fully saturated rings. The van der Waals surface area contributed by atoms with Crippen LogP contribution in [0, 0.1) is 12.8 Å². The highest BCUT2D eigenvalue weighted by atomic mass is 14.6. The van der Waals surface area contributed by atoms with Gasteiger partial charge in [-0.25, -0.2) is 0 Å². The molecule has 0 aliphatic carbocycles. The Kier molecular flexibility index (Phi) is 4.89. The van der Waals surface area contributed by atoms with Gasteiger partial charge in [0.2, 0.25) is 0 Å². The summed E-state index contributed by atoms with van der Waals surface area (Å²) in [5, 5.41) is 0. The highest BCUT2D eigenvalue weighted by Gasteiger charge is 2.09. The van der Waals surface area contributed by atoms with Crippen molar-refractivity contribution < 1.29 is 0 Å². The molecule has 1 aromatic rings. The molecule has 0 amide bonds. The molecule has 0 unspecified atom stereocenters. The first-order valence-electron chi connectivity index (χ1n) is 5.97. The van der Waals surface area contributed by atoms with Crippen LogP contribution in [-0.4, -0.2) is 4.98 Å². The fraction of sp³-hybridized carbons (Fsp3) is 0.312. The number of aryl methyl sites for hydroxylation is 1. The van der Waals surface area contributed by atoms with E-state index in [0.29, 0.717) is 5.92 Å². The molecule has 1 heteroatoms. The highest BCUT2D eigenvalue weighted by Crippen LogP contribution is 2.26. The average molecular weight is 227 g/mol. The zero-order chi connectivity index (χ0) is 12.8. The lowest BCUT2D eigenvalue weighted by atomic mass is 9.91. The summed E-state index contributed by atoms with van der Waals surface area (Å²) < 4.78 is 0. The van der Waals surface area contributed by atoms with E-state index in [-0.39, 0.29) is 0 Å². The summed E-state index contributed by atoms with van der Waals surface area (Å²) in [5.74, 6) is 0.458. The van der Waals surface area contributed by atoms with Crippen molar-refractivity contribution in [2.24, 2.45) is 5.92 Å². The van der Waals surface area contributed by atoms with E-state index in [9.17, 15) is 0 Å². The van der Waals surface area contributed by atoms with Gasteiger partial charge in [-0.3, -0.25) is 4.98 Å². The fourth-order valence-corrected chi connectivity index (χ4v) is 1.79. The zero-order valence-electron chi connectivity index (χ0n) is 11.0. The molecule has 0 radical (unpaired) electrons. The summed E-state index contributed by atoms with van der Waals surface area (Å²) in [6, 6.07) is 2.04. The lowest BCUT2D eigenvalue weighted by molar-refractivity contribution is 0.851. The largest absolute Gasteiger partial charge is 0.264 e. The fourth-order valence-electron chi connectivity index (χ4n) is 1.79. The van der Waals surface area contributed by atoms with Crippen LogP contribution in [0.2, 0.25) is 0 Å². The first-order valence-corrected chi connectivity index (χ1v) is 5.97. The van der Waals surface area contributed by atoms with Gasteiger partial charge in [-0.2, -0.15) is 0 Å². The van der Waals surface area contributed by atoms with E-state index in [1.165, 1.54) is 16.7 Å². The van der Waals surface area contributed by atoms with Gasteiger partial charge < -0.3 is 0 Å². The topological polar surface area (TPSA) is 12.9 Å². The molecule has 0 saturated heterocycles. The SMILES string of the molecule is C=CCC(=C)/C=C(\c1cnccc1C)C(C)C. The molecule has 1 aromatic heterocycles. The molecule has 1 heterocycles. The van der Waals surface area contributed by atoms with Crippen molar-refractivity contribution in [3.05, 3.63) is 60.5 Å². The Labute approximate surface area is 105 Å². The lowest BCUT2D eigenvalue weighted by Gasteiger charge is -2.14. The molecule has 0 aliphatic heterocycles. The number of pyridine rings is 1. The Hall–Kier alpha value is -1.63. The molecule has 90 valence electrons. The first kappa shape index (κ1) is 13.4. The van der Waals surface area contributed by atoms with Gasteiger partial charge in [-0.05, 0) is 42.0 Å². The number of allylic oxidation sites excluding steroid dienone is 4. The van der Waals surface area contributed by atoms with E-state index >= 15 is 0 Å². The van der Waals surface area contributed by atoms with E-state index in [4.69, 9.17) is 0 Å². The predicted molar refractivity (Wildman–Crippen MR) is 75.7 cm³/mol. The smallest absolute Gasteiger partial charge is 0.0345 e. The molecule has 0 bridgehead atoms. The highest BCUT2D eigenvalue weighted by molar-refractivity contribution is 5.71. The molecule has 0 saturated carbocycles. The van der Waals surface area contributed by atoms with Crippen LogP contribution < -0.4 is 0 Å². The Bertz CT molecular complexity index is 439. The molecule has 1 rings (SSSR count). The molecule has 0 aliphatic rings. The van der Waals surface area contributed by atoms with E-state index in [1.54, 1.807) is 0 Å². The molecular formula is C16H21N. The number of rotatable bonds is 5. The van der Waals surface area contributed by atoms with E-state index < -0.39 is 0 Å². The maximum absolute atomic E-state index is 4.21. The van der Waals surface area contributed by atoms with Crippen LogP contribution in [0.5, 0.6) is 0 Å². The molecule has 0 atom stereocenters. The third kappa shape index (κ3) is 3.70. The number of nitrogens with zero attached hydrogens (tertiary/aromatic N) is 1. The summed E-state index contributed by atoms with van der Waals surface area (Å²) >= 11 is 0. The minimum Gasteiger partial charge on any atom is -0.264 e. The molecular weight excluding hydrogens is 206 g/mol. The Morgan fingerprint density at radius 1 is 1.47 bits per heavy atom. The predicted octanol–water partition coefficient (Wildman–Crippen LogP) is 4.56. The Balaban J connectivity index is 3.14. The van der Waals surface area contributed by atoms with Crippen LogP contribution in [0.3, 0.4) is 0 Å². The van der Waals surface area contributed by atoms with E-state index in [1.807, 2.05) is 24.5 Å². The van der Waals surface area contributed by atoms with Crippen LogP contribution >= 0.6 is 0 Å². The van der Waals surface area contributed by atoms with Crippen molar-refractivity contribution in [3.63, 3.8) is 0 Å². The van der Waals surface area contributed by atoms with Crippen LogP contribution in [0.4, 0.5) is 0 Å². The monoisotopic (exact) mass is 227 g/mol. The first-order chi connectivity index (χ1) is 8.06. The van der Waals surface area contributed by atoms with Gasteiger partial charge in [-0.15, -0.1) is 6.58 Å². The van der Waals surface area contributed by atoms with Gasteiger partial charge in [0.1, 0.15) is 0 Å². The summed E-state index contributed by atoms with van der Waals surface area (Å²) in [7, 11) is 0. The molecule has 0 N–H and O–H groups in total. The molecule has 0 aromatic carbocycles. The normalized spacial score (nSPS) is 11.6. The maximum atomic E-state index is 4.21. The second-order valence-corrected chi connectivity index (χ2v) is 4.60. The minimum absolute atomic E-state index is 0.458. The van der Waals surface area contributed by atoms with Gasteiger partial charge in [0.25, 0.3) is 0 Å². The Morgan fingerprint density at radius 2 is 2.18 bits per heavy atom. The van der Waals surface area contributed by atoms with Gasteiger partial charge in [0.05, 0.1) is 0 Å². The van der Waals surface area contributed by atoms with Crippen LogP contribution in [0.25, 0.3) is 5.57 Å². The maximum Gasteiger partial charge on any atom is 0.0345 e. The summed E-state index contributed by atoms with van der Waals surface area (Å²) in [6.45, 7) is 14.3. The van der Waals surface area contributed by atoms with Crippen LogP contribution in [0.1, 0.15) is 31.4 Å². The van der Waals surface area contributed by atoms with Crippen molar-refractivity contribution in [1.82, 2.24) is 4.98 Å². The standard InChI is InChI=1S/C16H21N/c1-6-7-13(4)10-15(12(2)3)16-11-17-9-8-14(16)5/h6,8-12H,1,4,7H2,2-3,5H3/b15-10-. The summed E-state index contributed by atoms with van der Waals surface area (Å²) in [6.07, 6.45) is 8.64. The van der Waals surface area contributed by atoms with Crippen molar-refractivity contribution >= 4 is 5.57 Å². The number of hydrogen-bond donors (Lipinski definition) is 0. The molecule has 1 nitrogen and oxygen atoms in total. The van der Waals surface area contributed by atoms with Gasteiger partial charge in [0.15, 0.2) is 0 Å². The minimum atomic E-state index is 0.458. The second kappa shape index (κ2) is 6.19. The van der Waals surface area contributed by atoms with Gasteiger partial charge in [-0.1, -0.05) is 38.2 Å². The third-order valence-corrected chi connectivity index (χ3v) is 2.74. The molecule has 17 heavy (non-hydrogen) atoms. The summed E-state index contributed by atoms with van der Waals surface area (Å²) in [5.41, 5.74) is 4.86. The van der Waals surface area contributed by atoms with Crippen molar-refractivity contribution in [2.45, 2.75) is 27.2 Å². The van der Waals surface area contributed by atoms with Crippen molar-refractivity contribution in [2.75, 3.05) is 0 Å². The number of aromatic nitrogens is 1. The van der Waals surface area contributed by atoms with Crippen molar-refractivity contribution in [3.8, 4) is 0 Å². The van der Waals surface area contributed by atoms with Gasteiger partial charge >= 0.3 is 0 Å². The average Bonchev–Trinajstić information content (AvgIpc) is 2.27. The second-order valence-electron chi connectivity index (χ2n) is 4.60. The molecule has 0 spiro atoms. The van der Waals surface area contributed by atoms with Crippen LogP contribution in [0.15, 0.2) is 49.3 Å². The number of hydrogen-bond acceptors (Lipinski definition) is 1. The summed E-state index contributed by atoms with van der Waals surface area (Å²) in [4.78, 5) is 4.21. The van der Waals surface area contributed by atoms with E-state index in [2.05, 4.69) is 45.0 Å². The van der Waals surface area contributed by atoms with Gasteiger partial charge in [0, 0.05) is 12.4 Å². The van der Waals surface area contributed by atoms with E-state index in [0.717, 1.165) is 12.0 Å². The Morgan fingerprint density at radius 3 is 2.71 bits per heavy atom. The quantitative estimate of drug-likeness (QED) is 0.530. The third-order valence-electron chi connectivity index (χ3n) is 2.74. The van der Waals surface area contributed by atoms with Crippen molar-refractivity contribution in [1.29, 1.82) is 0 Å². The zero-order valence-corrected chi connectivity index (χ0v) is 11.0.